The largest absolute Gasteiger partial charge is 0.515 e. The van der Waals surface area contributed by atoms with Crippen LogP contribution in [0.2, 0.25) is 0 Å². The van der Waals surface area contributed by atoms with E-state index in [1.54, 1.807) is 6.20 Å². The maximum Gasteiger partial charge on any atom is 0.142 e. The van der Waals surface area contributed by atoms with Gasteiger partial charge in [-0.2, -0.15) is 0 Å². The fourth-order valence-corrected chi connectivity index (χ4v) is 2.69. The van der Waals surface area contributed by atoms with Crippen molar-refractivity contribution in [3.05, 3.63) is 47.8 Å². The number of rotatable bonds is 0. The molecule has 2 aromatic heterocycles. The Balaban J connectivity index is 2.47. The summed E-state index contributed by atoms with van der Waals surface area (Å²) in [5, 5.41) is 22.7. The molecule has 0 radical (unpaired) electrons. The van der Waals surface area contributed by atoms with Crippen LogP contribution in [-0.4, -0.2) is 20.2 Å². The van der Waals surface area contributed by atoms with Crippen molar-refractivity contribution in [2.24, 2.45) is 0 Å². The lowest BCUT2D eigenvalue weighted by Crippen LogP contribution is -2.05. The quantitative estimate of drug-likeness (QED) is 0.377. The molecular weight excluding hydrogens is 252 g/mol. The van der Waals surface area contributed by atoms with Crippen LogP contribution in [0.25, 0.3) is 39.0 Å². The van der Waals surface area contributed by atoms with Crippen LogP contribution in [0.1, 0.15) is 0 Å². The fourth-order valence-electron chi connectivity index (χ4n) is 2.69. The first-order chi connectivity index (χ1) is 9.79. The maximum absolute atomic E-state index is 10.1. The van der Waals surface area contributed by atoms with E-state index in [0.717, 1.165) is 27.9 Å². The molecule has 0 bridgehead atoms. The van der Waals surface area contributed by atoms with E-state index in [9.17, 15) is 10.2 Å². The summed E-state index contributed by atoms with van der Waals surface area (Å²) in [4.78, 5) is 8.82. The molecule has 20 heavy (non-hydrogen) atoms. The van der Waals surface area contributed by atoms with Crippen molar-refractivity contribution >= 4 is 39.0 Å². The summed E-state index contributed by atoms with van der Waals surface area (Å²) in [6.07, 6.45) is 2.63. The van der Waals surface area contributed by atoms with Gasteiger partial charge in [-0.3, -0.25) is 4.98 Å². The third-order valence-corrected chi connectivity index (χ3v) is 3.56. The molecule has 0 unspecified atom stereocenters. The van der Waals surface area contributed by atoms with Crippen molar-refractivity contribution in [3.63, 3.8) is 0 Å². The van der Waals surface area contributed by atoms with Crippen molar-refractivity contribution in [1.82, 2.24) is 9.97 Å². The summed E-state index contributed by atoms with van der Waals surface area (Å²) in [6.45, 7) is 0. The van der Waals surface area contributed by atoms with Crippen LogP contribution in [0.15, 0.2) is 42.6 Å². The van der Waals surface area contributed by atoms with E-state index in [2.05, 4.69) is 9.97 Å². The average Bonchev–Trinajstić information content (AvgIpc) is 2.50. The zero-order valence-corrected chi connectivity index (χ0v) is 10.4. The lowest BCUT2D eigenvalue weighted by atomic mass is 10.0. The van der Waals surface area contributed by atoms with Crippen molar-refractivity contribution < 1.29 is 10.2 Å². The molecule has 4 aromatic rings. The van der Waals surface area contributed by atoms with Gasteiger partial charge < -0.3 is 10.2 Å². The number of nitrogens with zero attached hydrogens (tertiary/aromatic N) is 2. The average molecular weight is 262 g/mol. The molecule has 2 aromatic carbocycles. The molecule has 0 saturated heterocycles. The van der Waals surface area contributed by atoms with Crippen LogP contribution in [0, 0.1) is 0 Å². The van der Waals surface area contributed by atoms with E-state index >= 15 is 0 Å². The highest BCUT2D eigenvalue weighted by molar-refractivity contribution is 6.18. The maximum atomic E-state index is 10.1. The smallest absolute Gasteiger partial charge is 0.142 e. The first kappa shape index (κ1) is 11.0. The van der Waals surface area contributed by atoms with Crippen LogP contribution in [0.4, 0.5) is 0 Å². The van der Waals surface area contributed by atoms with Gasteiger partial charge in [-0.05, 0) is 23.6 Å². The molecule has 0 saturated carbocycles. The van der Waals surface area contributed by atoms with Crippen LogP contribution < -0.4 is 5.22 Å². The number of hydrogen-bond acceptors (Lipinski definition) is 4. The van der Waals surface area contributed by atoms with Crippen molar-refractivity contribution in [2.75, 3.05) is 0 Å². The van der Waals surface area contributed by atoms with Gasteiger partial charge in [0.2, 0.25) is 0 Å². The lowest BCUT2D eigenvalue weighted by Gasteiger charge is -2.09. The third-order valence-electron chi connectivity index (χ3n) is 3.56. The highest BCUT2D eigenvalue weighted by Gasteiger charge is 2.13. The number of phenols is 1. The van der Waals surface area contributed by atoms with E-state index < -0.39 is 0 Å². The first-order valence-electron chi connectivity index (χ1n) is 6.23. The number of hydrogen-bond donors (Lipinski definition) is 2. The summed E-state index contributed by atoms with van der Waals surface area (Å²) >= 11 is 0. The van der Waals surface area contributed by atoms with Gasteiger partial charge in [-0.15, -0.1) is 0 Å². The SMILES string of the molecule is O/C=c1\cc(O)c2nccc3c4ccccc4nc1c23. The number of pyridine rings is 2. The van der Waals surface area contributed by atoms with E-state index in [4.69, 9.17) is 0 Å². The van der Waals surface area contributed by atoms with Gasteiger partial charge in [-0.25, -0.2) is 4.98 Å². The molecule has 0 aliphatic carbocycles. The van der Waals surface area contributed by atoms with E-state index in [-0.39, 0.29) is 5.75 Å². The molecule has 2 heterocycles. The molecule has 4 rings (SSSR count). The molecule has 0 fully saturated rings. The predicted molar refractivity (Wildman–Crippen MR) is 78.5 cm³/mol. The summed E-state index contributed by atoms with van der Waals surface area (Å²) < 4.78 is 0. The topological polar surface area (TPSA) is 66.2 Å². The summed E-state index contributed by atoms with van der Waals surface area (Å²) in [5.74, 6) is 0.0421. The van der Waals surface area contributed by atoms with Crippen molar-refractivity contribution in [1.29, 1.82) is 0 Å². The standard InChI is InChI=1S/C16H10N2O2/c19-8-9-7-13(20)16-14-11(5-6-17-16)10-3-1-2-4-12(10)18-15(9)14/h1-8,19-20H/b9-8+. The van der Waals surface area contributed by atoms with E-state index in [0.29, 0.717) is 16.3 Å². The minimum absolute atomic E-state index is 0.0421. The molecule has 2 N–H and O–H groups in total. The molecule has 0 aliphatic rings. The Labute approximate surface area is 113 Å². The Morgan fingerprint density at radius 3 is 2.70 bits per heavy atom. The molecule has 0 atom stereocenters. The molecule has 0 amide bonds. The molecule has 0 spiro atoms. The zero-order chi connectivity index (χ0) is 13.7. The molecular formula is C16H10N2O2. The Hall–Kier alpha value is -2.88. The second kappa shape index (κ2) is 3.81. The molecule has 4 nitrogen and oxygen atoms in total. The normalized spacial score (nSPS) is 12.7. The number of para-hydroxylation sites is 1. The third kappa shape index (κ3) is 1.30. The van der Waals surface area contributed by atoms with Gasteiger partial charge in [0.1, 0.15) is 11.3 Å². The second-order valence-corrected chi connectivity index (χ2v) is 4.67. The number of fused-ring (bicyclic) bond motifs is 2. The Morgan fingerprint density at radius 2 is 1.85 bits per heavy atom. The number of aromatic hydroxyl groups is 1. The summed E-state index contributed by atoms with van der Waals surface area (Å²) in [6, 6.07) is 11.2. The highest BCUT2D eigenvalue weighted by atomic mass is 16.3. The van der Waals surface area contributed by atoms with E-state index in [1.165, 1.54) is 6.07 Å². The Bertz CT molecular complexity index is 1030. The lowest BCUT2D eigenvalue weighted by molar-refractivity contribution is 0.479. The van der Waals surface area contributed by atoms with Gasteiger partial charge in [0, 0.05) is 22.2 Å². The van der Waals surface area contributed by atoms with Crippen LogP contribution >= 0.6 is 0 Å². The minimum atomic E-state index is 0.0421. The van der Waals surface area contributed by atoms with Gasteiger partial charge in [0.15, 0.2) is 0 Å². The molecule has 4 heteroatoms. The van der Waals surface area contributed by atoms with Gasteiger partial charge in [-0.1, -0.05) is 18.2 Å². The van der Waals surface area contributed by atoms with Crippen LogP contribution in [0.3, 0.4) is 0 Å². The van der Waals surface area contributed by atoms with Crippen LogP contribution in [-0.2, 0) is 0 Å². The molecule has 96 valence electrons. The monoisotopic (exact) mass is 262 g/mol. The fraction of sp³-hybridized carbons (Fsp3) is 0. The van der Waals surface area contributed by atoms with Gasteiger partial charge in [0.25, 0.3) is 0 Å². The zero-order valence-electron chi connectivity index (χ0n) is 10.4. The Morgan fingerprint density at radius 1 is 1.00 bits per heavy atom. The minimum Gasteiger partial charge on any atom is -0.515 e. The summed E-state index contributed by atoms with van der Waals surface area (Å²) in [7, 11) is 0. The number of aliphatic hydroxyl groups excluding tert-OH is 1. The number of benzene rings is 2. The van der Waals surface area contributed by atoms with Crippen LogP contribution in [0.5, 0.6) is 5.75 Å². The predicted octanol–water partition coefficient (Wildman–Crippen LogP) is 2.66. The van der Waals surface area contributed by atoms with Crippen molar-refractivity contribution in [3.8, 4) is 5.75 Å². The Kier molecular flexibility index (Phi) is 2.09. The first-order valence-corrected chi connectivity index (χ1v) is 6.23. The number of aliphatic hydroxyl groups is 1. The number of phenolic OH excluding ortho intramolecular Hbond substituents is 1. The van der Waals surface area contributed by atoms with Gasteiger partial charge >= 0.3 is 0 Å². The van der Waals surface area contributed by atoms with Crippen molar-refractivity contribution in [2.45, 2.75) is 0 Å². The van der Waals surface area contributed by atoms with Gasteiger partial charge in [0.05, 0.1) is 17.3 Å². The van der Waals surface area contributed by atoms with E-state index in [1.807, 2.05) is 30.3 Å². The summed E-state index contributed by atoms with van der Waals surface area (Å²) in [5.41, 5.74) is 1.99. The molecule has 0 aliphatic heterocycles. The number of aromatic nitrogens is 2. The highest BCUT2D eigenvalue weighted by Crippen LogP contribution is 2.32. The second-order valence-electron chi connectivity index (χ2n) is 4.67.